The molecule has 68 valence electrons. The van der Waals surface area contributed by atoms with E-state index in [0.717, 1.165) is 0 Å². The average Bonchev–Trinajstić information content (AvgIpc) is 2.27. The van der Waals surface area contributed by atoms with Crippen molar-refractivity contribution in [3.8, 4) is 0 Å². The second kappa shape index (κ2) is 3.17. The highest BCUT2D eigenvalue weighted by molar-refractivity contribution is 5.96. The minimum Gasteiger partial charge on any atom is -0.510 e. The molecule has 3 heteroatoms. The Morgan fingerprint density at radius 3 is 2.42 bits per heavy atom. The Bertz CT molecular complexity index is 231. The molecular formula is C9H15NO2. The number of nitrogens with zero attached hydrogens (tertiary/aromatic N) is 1. The topological polar surface area (TPSA) is 40.5 Å². The second-order valence-electron chi connectivity index (χ2n) is 3.31. The molecule has 1 aliphatic heterocycles. The second-order valence-corrected chi connectivity index (χ2v) is 3.31. The molecule has 0 aromatic rings. The first-order chi connectivity index (χ1) is 5.57. The van der Waals surface area contributed by atoms with Crippen LogP contribution in [0.5, 0.6) is 0 Å². The summed E-state index contributed by atoms with van der Waals surface area (Å²) in [6.45, 7) is 6.17. The molecule has 1 N–H and O–H groups in total. The van der Waals surface area contributed by atoms with Gasteiger partial charge in [0, 0.05) is 6.04 Å². The lowest BCUT2D eigenvalue weighted by Crippen LogP contribution is -2.33. The monoisotopic (exact) mass is 169 g/mol. The van der Waals surface area contributed by atoms with Crippen LogP contribution in [0.25, 0.3) is 0 Å². The molecule has 1 rings (SSSR count). The predicted octanol–water partition coefficient (Wildman–Crippen LogP) is 1.46. The van der Waals surface area contributed by atoms with Crippen molar-refractivity contribution in [2.75, 3.05) is 6.54 Å². The normalized spacial score (nSPS) is 18.3. The highest BCUT2D eigenvalue weighted by Gasteiger charge is 2.30. The maximum atomic E-state index is 11.5. The largest absolute Gasteiger partial charge is 0.510 e. The summed E-state index contributed by atoms with van der Waals surface area (Å²) in [5.41, 5.74) is 0.573. The third-order valence-electron chi connectivity index (χ3n) is 2.16. The summed E-state index contributed by atoms with van der Waals surface area (Å²) in [7, 11) is 0. The molecule has 1 aliphatic rings. The van der Waals surface area contributed by atoms with Crippen LogP contribution in [0, 0.1) is 0 Å². The van der Waals surface area contributed by atoms with Gasteiger partial charge in [-0.2, -0.15) is 0 Å². The SMILES string of the molecule is CCC1=C(O)CN(C(C)C)C1=O. The minimum absolute atomic E-state index is 0.00926. The molecule has 0 unspecified atom stereocenters. The fourth-order valence-corrected chi connectivity index (χ4v) is 1.40. The molecule has 0 radical (unpaired) electrons. The molecule has 3 nitrogen and oxygen atoms in total. The van der Waals surface area contributed by atoms with Gasteiger partial charge in [0.1, 0.15) is 5.76 Å². The highest BCUT2D eigenvalue weighted by atomic mass is 16.3. The Kier molecular flexibility index (Phi) is 2.40. The van der Waals surface area contributed by atoms with Crippen molar-refractivity contribution in [2.45, 2.75) is 33.2 Å². The first kappa shape index (κ1) is 9.10. The fraction of sp³-hybridized carbons (Fsp3) is 0.667. The van der Waals surface area contributed by atoms with Crippen LogP contribution in [0.2, 0.25) is 0 Å². The van der Waals surface area contributed by atoms with Crippen molar-refractivity contribution in [2.24, 2.45) is 0 Å². The van der Waals surface area contributed by atoms with E-state index in [1.807, 2.05) is 20.8 Å². The van der Waals surface area contributed by atoms with E-state index in [4.69, 9.17) is 0 Å². The summed E-state index contributed by atoms with van der Waals surface area (Å²) >= 11 is 0. The number of aliphatic hydroxyl groups excluding tert-OH is 1. The van der Waals surface area contributed by atoms with Gasteiger partial charge < -0.3 is 10.0 Å². The minimum atomic E-state index is -0.00926. The number of hydrogen-bond acceptors (Lipinski definition) is 2. The van der Waals surface area contributed by atoms with Crippen LogP contribution in [0.1, 0.15) is 27.2 Å². The van der Waals surface area contributed by atoms with Crippen molar-refractivity contribution in [1.82, 2.24) is 4.90 Å². The Labute approximate surface area is 72.7 Å². The van der Waals surface area contributed by atoms with Gasteiger partial charge in [0.2, 0.25) is 0 Å². The van der Waals surface area contributed by atoms with E-state index in [9.17, 15) is 9.90 Å². The molecule has 0 saturated heterocycles. The number of carbonyl (C=O) groups is 1. The van der Waals surface area contributed by atoms with Crippen LogP contribution in [-0.2, 0) is 4.79 Å². The molecule has 0 aromatic heterocycles. The third-order valence-corrected chi connectivity index (χ3v) is 2.16. The standard InChI is InChI=1S/C9H15NO2/c1-4-7-8(11)5-10(6(2)3)9(7)12/h6,11H,4-5H2,1-3H3. The molecular weight excluding hydrogens is 154 g/mol. The number of amides is 1. The Morgan fingerprint density at radius 2 is 2.17 bits per heavy atom. The number of rotatable bonds is 2. The zero-order valence-corrected chi connectivity index (χ0v) is 7.79. The molecule has 1 amide bonds. The predicted molar refractivity (Wildman–Crippen MR) is 46.8 cm³/mol. The van der Waals surface area contributed by atoms with Gasteiger partial charge in [0.25, 0.3) is 5.91 Å². The van der Waals surface area contributed by atoms with E-state index in [1.165, 1.54) is 0 Å². The van der Waals surface area contributed by atoms with Gasteiger partial charge in [-0.25, -0.2) is 0 Å². The van der Waals surface area contributed by atoms with Gasteiger partial charge >= 0.3 is 0 Å². The number of carbonyl (C=O) groups excluding carboxylic acids is 1. The molecule has 0 bridgehead atoms. The van der Waals surface area contributed by atoms with Gasteiger partial charge in [-0.3, -0.25) is 4.79 Å². The van der Waals surface area contributed by atoms with Crippen molar-refractivity contribution in [3.63, 3.8) is 0 Å². The van der Waals surface area contributed by atoms with E-state index in [-0.39, 0.29) is 17.7 Å². The molecule has 0 spiro atoms. The average molecular weight is 169 g/mol. The first-order valence-corrected chi connectivity index (χ1v) is 4.29. The van der Waals surface area contributed by atoms with Crippen LogP contribution < -0.4 is 0 Å². The lowest BCUT2D eigenvalue weighted by Gasteiger charge is -2.20. The molecule has 0 fully saturated rings. The summed E-state index contributed by atoms with van der Waals surface area (Å²) in [5, 5.41) is 9.40. The van der Waals surface area contributed by atoms with E-state index in [2.05, 4.69) is 0 Å². The van der Waals surface area contributed by atoms with Gasteiger partial charge in [-0.15, -0.1) is 0 Å². The fourth-order valence-electron chi connectivity index (χ4n) is 1.40. The van der Waals surface area contributed by atoms with Gasteiger partial charge in [-0.1, -0.05) is 6.92 Å². The van der Waals surface area contributed by atoms with E-state index < -0.39 is 0 Å². The smallest absolute Gasteiger partial charge is 0.253 e. The molecule has 0 atom stereocenters. The van der Waals surface area contributed by atoms with Crippen LogP contribution in [-0.4, -0.2) is 28.5 Å². The van der Waals surface area contributed by atoms with Crippen LogP contribution in [0.15, 0.2) is 11.3 Å². The summed E-state index contributed by atoms with van der Waals surface area (Å²) in [6.07, 6.45) is 0.619. The molecule has 0 saturated carbocycles. The Balaban J connectivity index is 2.80. The van der Waals surface area contributed by atoms with E-state index in [1.54, 1.807) is 4.90 Å². The maximum Gasteiger partial charge on any atom is 0.253 e. The zero-order chi connectivity index (χ0) is 9.30. The van der Waals surface area contributed by atoms with Crippen LogP contribution >= 0.6 is 0 Å². The molecule has 1 heterocycles. The quantitative estimate of drug-likeness (QED) is 0.679. The molecule has 0 aliphatic carbocycles. The van der Waals surface area contributed by atoms with E-state index >= 15 is 0 Å². The van der Waals surface area contributed by atoms with Gasteiger partial charge in [-0.05, 0) is 20.3 Å². The maximum absolute atomic E-state index is 11.5. The zero-order valence-electron chi connectivity index (χ0n) is 7.79. The summed E-state index contributed by atoms with van der Waals surface area (Å²) in [5.74, 6) is 0.237. The highest BCUT2D eigenvalue weighted by Crippen LogP contribution is 2.21. The Morgan fingerprint density at radius 1 is 1.58 bits per heavy atom. The van der Waals surface area contributed by atoms with Crippen molar-refractivity contribution < 1.29 is 9.90 Å². The lowest BCUT2D eigenvalue weighted by molar-refractivity contribution is -0.127. The summed E-state index contributed by atoms with van der Waals surface area (Å²) in [4.78, 5) is 13.2. The lowest BCUT2D eigenvalue weighted by atomic mass is 10.2. The van der Waals surface area contributed by atoms with Crippen molar-refractivity contribution in [1.29, 1.82) is 0 Å². The van der Waals surface area contributed by atoms with Gasteiger partial charge in [0.15, 0.2) is 0 Å². The first-order valence-electron chi connectivity index (χ1n) is 4.29. The third kappa shape index (κ3) is 1.31. The Hall–Kier alpha value is -0.990. The van der Waals surface area contributed by atoms with Crippen molar-refractivity contribution in [3.05, 3.63) is 11.3 Å². The summed E-state index contributed by atoms with van der Waals surface area (Å²) < 4.78 is 0. The summed E-state index contributed by atoms with van der Waals surface area (Å²) in [6, 6.07) is 0.170. The van der Waals surface area contributed by atoms with E-state index in [0.29, 0.717) is 18.5 Å². The van der Waals surface area contributed by atoms with Crippen molar-refractivity contribution >= 4 is 5.91 Å². The molecule has 0 aromatic carbocycles. The van der Waals surface area contributed by atoms with Crippen LogP contribution in [0.3, 0.4) is 0 Å². The molecule has 12 heavy (non-hydrogen) atoms. The van der Waals surface area contributed by atoms with Gasteiger partial charge in [0.05, 0.1) is 12.1 Å². The number of aliphatic hydroxyl groups is 1. The number of hydrogen-bond donors (Lipinski definition) is 1. The van der Waals surface area contributed by atoms with Crippen LogP contribution in [0.4, 0.5) is 0 Å².